The summed E-state index contributed by atoms with van der Waals surface area (Å²) in [6.07, 6.45) is 0. The molecular formula is C15H20N2O. The molecule has 0 aromatic heterocycles. The van der Waals surface area contributed by atoms with Crippen molar-refractivity contribution in [3.05, 3.63) is 34.9 Å². The molecule has 1 aliphatic heterocycles. The highest BCUT2D eigenvalue weighted by molar-refractivity contribution is 5.37. The van der Waals surface area contributed by atoms with E-state index in [1.165, 1.54) is 5.56 Å². The third-order valence-corrected chi connectivity index (χ3v) is 3.84. The largest absolute Gasteiger partial charge is 0.378 e. The van der Waals surface area contributed by atoms with Gasteiger partial charge in [-0.15, -0.1) is 0 Å². The second-order valence-electron chi connectivity index (χ2n) is 5.51. The number of hydrogen-bond donors (Lipinski definition) is 1. The Balaban J connectivity index is 2.38. The molecule has 1 saturated heterocycles. The van der Waals surface area contributed by atoms with Crippen molar-refractivity contribution < 1.29 is 4.74 Å². The number of nitriles is 1. The predicted molar refractivity (Wildman–Crippen MR) is 71.1 cm³/mol. The van der Waals surface area contributed by atoms with Crippen LogP contribution in [-0.4, -0.2) is 13.2 Å². The SMILES string of the molecule is Cc1ccc(C(C)C)cc1C(N)C1(C#N)COC1. The minimum absolute atomic E-state index is 0.269. The summed E-state index contributed by atoms with van der Waals surface area (Å²) in [5.41, 5.74) is 9.26. The van der Waals surface area contributed by atoms with E-state index in [1.54, 1.807) is 0 Å². The van der Waals surface area contributed by atoms with Crippen molar-refractivity contribution in [2.24, 2.45) is 11.1 Å². The number of nitrogens with zero attached hydrogens (tertiary/aromatic N) is 1. The molecular weight excluding hydrogens is 224 g/mol. The number of nitrogens with two attached hydrogens (primary N) is 1. The number of aryl methyl sites for hydroxylation is 1. The molecule has 1 fully saturated rings. The average molecular weight is 244 g/mol. The first-order chi connectivity index (χ1) is 8.50. The van der Waals surface area contributed by atoms with E-state index in [4.69, 9.17) is 10.5 Å². The minimum Gasteiger partial charge on any atom is -0.378 e. The lowest BCUT2D eigenvalue weighted by molar-refractivity contribution is -0.0911. The van der Waals surface area contributed by atoms with Crippen molar-refractivity contribution >= 4 is 0 Å². The smallest absolute Gasteiger partial charge is 0.123 e. The standard InChI is InChI=1S/C15H20N2O/c1-10(2)12-5-4-11(3)13(6-12)14(17)15(7-16)8-18-9-15/h4-6,10,14H,8-9,17H2,1-3H3. The van der Waals surface area contributed by atoms with Crippen LogP contribution >= 0.6 is 0 Å². The zero-order valence-electron chi connectivity index (χ0n) is 11.2. The van der Waals surface area contributed by atoms with Crippen LogP contribution in [0.25, 0.3) is 0 Å². The fourth-order valence-electron chi connectivity index (χ4n) is 2.29. The van der Waals surface area contributed by atoms with Crippen LogP contribution in [-0.2, 0) is 4.74 Å². The van der Waals surface area contributed by atoms with Gasteiger partial charge in [0.1, 0.15) is 5.41 Å². The van der Waals surface area contributed by atoms with Gasteiger partial charge in [-0.2, -0.15) is 5.26 Å². The zero-order chi connectivity index (χ0) is 13.3. The molecule has 1 aliphatic rings. The summed E-state index contributed by atoms with van der Waals surface area (Å²) in [4.78, 5) is 0. The Hall–Kier alpha value is -1.37. The lowest BCUT2D eigenvalue weighted by atomic mass is 9.75. The Kier molecular flexibility index (Phi) is 3.43. The monoisotopic (exact) mass is 244 g/mol. The van der Waals surface area contributed by atoms with Crippen LogP contribution < -0.4 is 5.73 Å². The molecule has 0 bridgehead atoms. The van der Waals surface area contributed by atoms with Crippen LogP contribution in [0.15, 0.2) is 18.2 Å². The van der Waals surface area contributed by atoms with Gasteiger partial charge in [0.25, 0.3) is 0 Å². The van der Waals surface area contributed by atoms with Gasteiger partial charge in [0.05, 0.1) is 25.3 Å². The highest BCUT2D eigenvalue weighted by atomic mass is 16.5. The van der Waals surface area contributed by atoms with Crippen molar-refractivity contribution in [1.29, 1.82) is 5.26 Å². The summed E-state index contributed by atoms with van der Waals surface area (Å²) >= 11 is 0. The molecule has 18 heavy (non-hydrogen) atoms. The number of ether oxygens (including phenoxy) is 1. The van der Waals surface area contributed by atoms with E-state index in [-0.39, 0.29) is 6.04 Å². The summed E-state index contributed by atoms with van der Waals surface area (Å²) < 4.78 is 5.19. The second kappa shape index (κ2) is 4.72. The van der Waals surface area contributed by atoms with Crippen LogP contribution in [0.4, 0.5) is 0 Å². The molecule has 1 heterocycles. The molecule has 0 radical (unpaired) electrons. The first-order valence-corrected chi connectivity index (χ1v) is 6.35. The van der Waals surface area contributed by atoms with Gasteiger partial charge >= 0.3 is 0 Å². The lowest BCUT2D eigenvalue weighted by Gasteiger charge is -2.40. The summed E-state index contributed by atoms with van der Waals surface area (Å²) in [5.74, 6) is 0.465. The molecule has 3 heteroatoms. The van der Waals surface area contributed by atoms with Gasteiger partial charge in [0.15, 0.2) is 0 Å². The summed E-state index contributed by atoms with van der Waals surface area (Å²) in [6.45, 7) is 7.24. The van der Waals surface area contributed by atoms with Gasteiger partial charge in [-0.3, -0.25) is 0 Å². The summed E-state index contributed by atoms with van der Waals surface area (Å²) in [6, 6.07) is 8.44. The maximum absolute atomic E-state index is 9.33. The summed E-state index contributed by atoms with van der Waals surface area (Å²) in [5, 5.41) is 9.33. The molecule has 1 aromatic rings. The van der Waals surface area contributed by atoms with Crippen molar-refractivity contribution in [3.63, 3.8) is 0 Å². The van der Waals surface area contributed by atoms with E-state index in [1.807, 2.05) is 6.92 Å². The third-order valence-electron chi connectivity index (χ3n) is 3.84. The molecule has 2 rings (SSSR count). The summed E-state index contributed by atoms with van der Waals surface area (Å²) in [7, 11) is 0. The van der Waals surface area contributed by atoms with E-state index in [0.717, 1.165) is 11.1 Å². The normalized spacial score (nSPS) is 19.1. The van der Waals surface area contributed by atoms with E-state index < -0.39 is 5.41 Å². The Labute approximate surface area is 109 Å². The van der Waals surface area contributed by atoms with Gasteiger partial charge in [-0.25, -0.2) is 0 Å². The van der Waals surface area contributed by atoms with Gasteiger partial charge < -0.3 is 10.5 Å². The number of rotatable bonds is 3. The minimum atomic E-state index is -0.541. The highest BCUT2D eigenvalue weighted by Gasteiger charge is 2.45. The van der Waals surface area contributed by atoms with Crippen LogP contribution in [0.2, 0.25) is 0 Å². The van der Waals surface area contributed by atoms with Crippen LogP contribution in [0.3, 0.4) is 0 Å². The Morgan fingerprint density at radius 1 is 1.39 bits per heavy atom. The first kappa shape index (κ1) is 13.1. The fourth-order valence-corrected chi connectivity index (χ4v) is 2.29. The van der Waals surface area contributed by atoms with E-state index in [9.17, 15) is 5.26 Å². The van der Waals surface area contributed by atoms with Crippen molar-refractivity contribution in [2.75, 3.05) is 13.2 Å². The van der Waals surface area contributed by atoms with Crippen molar-refractivity contribution in [2.45, 2.75) is 32.7 Å². The number of hydrogen-bond acceptors (Lipinski definition) is 3. The third kappa shape index (κ3) is 2.03. The Morgan fingerprint density at radius 3 is 2.50 bits per heavy atom. The first-order valence-electron chi connectivity index (χ1n) is 6.35. The molecule has 2 N–H and O–H groups in total. The second-order valence-corrected chi connectivity index (χ2v) is 5.51. The van der Waals surface area contributed by atoms with E-state index in [2.05, 4.69) is 38.1 Å². The highest BCUT2D eigenvalue weighted by Crippen LogP contribution is 2.40. The van der Waals surface area contributed by atoms with Gasteiger partial charge in [0.2, 0.25) is 0 Å². The van der Waals surface area contributed by atoms with Gasteiger partial charge in [0, 0.05) is 0 Å². The van der Waals surface area contributed by atoms with E-state index >= 15 is 0 Å². The molecule has 1 atom stereocenters. The average Bonchev–Trinajstić information content (AvgIpc) is 2.28. The molecule has 0 aliphatic carbocycles. The van der Waals surface area contributed by atoms with Crippen molar-refractivity contribution in [1.82, 2.24) is 0 Å². The predicted octanol–water partition coefficient (Wildman–Crippen LogP) is 2.66. The Bertz CT molecular complexity index is 484. The van der Waals surface area contributed by atoms with Crippen LogP contribution in [0.5, 0.6) is 0 Å². The van der Waals surface area contributed by atoms with Crippen LogP contribution in [0, 0.1) is 23.7 Å². The van der Waals surface area contributed by atoms with Crippen molar-refractivity contribution in [3.8, 4) is 6.07 Å². The molecule has 0 spiro atoms. The fraction of sp³-hybridized carbons (Fsp3) is 0.533. The number of benzene rings is 1. The molecule has 96 valence electrons. The van der Waals surface area contributed by atoms with Gasteiger partial charge in [-0.1, -0.05) is 32.0 Å². The molecule has 1 unspecified atom stereocenters. The topological polar surface area (TPSA) is 59.0 Å². The maximum atomic E-state index is 9.33. The molecule has 1 aromatic carbocycles. The quantitative estimate of drug-likeness (QED) is 0.889. The molecule has 0 saturated carbocycles. The van der Waals surface area contributed by atoms with Gasteiger partial charge in [-0.05, 0) is 29.5 Å². The van der Waals surface area contributed by atoms with Crippen LogP contribution in [0.1, 0.15) is 42.5 Å². The maximum Gasteiger partial charge on any atom is 0.123 e. The lowest BCUT2D eigenvalue weighted by Crippen LogP contribution is -2.49. The zero-order valence-corrected chi connectivity index (χ0v) is 11.2. The molecule has 3 nitrogen and oxygen atoms in total. The van der Waals surface area contributed by atoms with E-state index in [0.29, 0.717) is 19.1 Å². The molecule has 0 amide bonds. The Morgan fingerprint density at radius 2 is 2.06 bits per heavy atom.